The highest BCUT2D eigenvalue weighted by Gasteiger charge is 1.96. The predicted octanol–water partition coefficient (Wildman–Crippen LogP) is 5.46. The molecule has 0 fully saturated rings. The standard InChI is InChI=1S/C11H12BrNO.C4H5Br/c1-3-8-14-13-9(2)10-4-6-11(12)7-5-10;1-2-3-4-5/h3-7H,1,8H2,2H3;2-4H,1H2/b13-9+;4-3+. The number of hydrogen-bond donors (Lipinski definition) is 0. The molecule has 0 saturated heterocycles. The van der Waals surface area contributed by atoms with E-state index in [2.05, 4.69) is 50.2 Å². The number of rotatable bonds is 5. The molecule has 0 spiro atoms. The maximum atomic E-state index is 4.99. The zero-order valence-electron chi connectivity index (χ0n) is 10.9. The van der Waals surface area contributed by atoms with Gasteiger partial charge in [-0.1, -0.05) is 80.5 Å². The fourth-order valence-electron chi connectivity index (χ4n) is 0.982. The molecular weight excluding hydrogens is 370 g/mol. The van der Waals surface area contributed by atoms with Gasteiger partial charge < -0.3 is 4.84 Å². The second-order valence-corrected chi connectivity index (χ2v) is 4.77. The molecule has 1 aromatic carbocycles. The lowest BCUT2D eigenvalue weighted by atomic mass is 10.1. The van der Waals surface area contributed by atoms with Gasteiger partial charge in [0.1, 0.15) is 6.61 Å². The summed E-state index contributed by atoms with van der Waals surface area (Å²) in [5.41, 5.74) is 1.91. The molecular formula is C15H17Br2NO. The topological polar surface area (TPSA) is 21.6 Å². The van der Waals surface area contributed by atoms with Crippen molar-refractivity contribution in [3.05, 3.63) is 70.7 Å². The van der Waals surface area contributed by atoms with Crippen LogP contribution in [0.3, 0.4) is 0 Å². The Balaban J connectivity index is 0.000000555. The molecule has 0 aromatic heterocycles. The normalized spacial score (nSPS) is 10.6. The summed E-state index contributed by atoms with van der Waals surface area (Å²) in [7, 11) is 0. The molecule has 0 aliphatic carbocycles. The molecule has 0 atom stereocenters. The molecule has 0 aliphatic rings. The highest BCUT2D eigenvalue weighted by Crippen LogP contribution is 2.11. The maximum Gasteiger partial charge on any atom is 0.135 e. The molecule has 2 nitrogen and oxygen atoms in total. The summed E-state index contributed by atoms with van der Waals surface area (Å²) < 4.78 is 1.06. The van der Waals surface area contributed by atoms with Crippen molar-refractivity contribution in [3.8, 4) is 0 Å². The van der Waals surface area contributed by atoms with E-state index in [1.54, 1.807) is 23.2 Å². The Morgan fingerprint density at radius 3 is 2.37 bits per heavy atom. The molecule has 0 amide bonds. The second kappa shape index (κ2) is 11.9. The minimum absolute atomic E-state index is 0.438. The van der Waals surface area contributed by atoms with Crippen molar-refractivity contribution in [1.29, 1.82) is 0 Å². The van der Waals surface area contributed by atoms with Crippen molar-refractivity contribution < 1.29 is 4.84 Å². The molecule has 0 unspecified atom stereocenters. The van der Waals surface area contributed by atoms with Gasteiger partial charge in [-0.3, -0.25) is 0 Å². The van der Waals surface area contributed by atoms with E-state index in [0.29, 0.717) is 6.61 Å². The zero-order chi connectivity index (χ0) is 14.5. The van der Waals surface area contributed by atoms with Crippen LogP contribution in [0.2, 0.25) is 0 Å². The van der Waals surface area contributed by atoms with Crippen LogP contribution in [-0.4, -0.2) is 12.3 Å². The lowest BCUT2D eigenvalue weighted by molar-refractivity contribution is 0.175. The smallest absolute Gasteiger partial charge is 0.135 e. The first-order valence-corrected chi connectivity index (χ1v) is 7.27. The highest BCUT2D eigenvalue weighted by molar-refractivity contribution is 9.11. The monoisotopic (exact) mass is 385 g/mol. The van der Waals surface area contributed by atoms with E-state index in [-0.39, 0.29) is 0 Å². The molecule has 102 valence electrons. The van der Waals surface area contributed by atoms with Crippen molar-refractivity contribution >= 4 is 37.6 Å². The summed E-state index contributed by atoms with van der Waals surface area (Å²) in [6, 6.07) is 7.92. The molecule has 1 rings (SSSR count). The van der Waals surface area contributed by atoms with Gasteiger partial charge in [-0.25, -0.2) is 0 Å². The molecule has 0 N–H and O–H groups in total. The maximum absolute atomic E-state index is 4.99. The van der Waals surface area contributed by atoms with Gasteiger partial charge in [0.2, 0.25) is 0 Å². The lowest BCUT2D eigenvalue weighted by Gasteiger charge is -2.00. The van der Waals surface area contributed by atoms with Crippen LogP contribution in [0.4, 0.5) is 0 Å². The van der Waals surface area contributed by atoms with Crippen LogP contribution in [0.5, 0.6) is 0 Å². The molecule has 0 aliphatic heterocycles. The minimum Gasteiger partial charge on any atom is -0.391 e. The minimum atomic E-state index is 0.438. The van der Waals surface area contributed by atoms with Crippen LogP contribution in [0.15, 0.2) is 70.3 Å². The van der Waals surface area contributed by atoms with Crippen molar-refractivity contribution in [2.45, 2.75) is 6.92 Å². The van der Waals surface area contributed by atoms with Crippen molar-refractivity contribution in [3.63, 3.8) is 0 Å². The van der Waals surface area contributed by atoms with Crippen molar-refractivity contribution in [2.24, 2.45) is 5.16 Å². The fourth-order valence-corrected chi connectivity index (χ4v) is 1.46. The molecule has 0 heterocycles. The largest absolute Gasteiger partial charge is 0.391 e. The number of nitrogens with zero attached hydrogens (tertiary/aromatic N) is 1. The first-order chi connectivity index (χ1) is 9.15. The summed E-state index contributed by atoms with van der Waals surface area (Å²) in [5.74, 6) is 0. The van der Waals surface area contributed by atoms with E-state index in [0.717, 1.165) is 15.7 Å². The van der Waals surface area contributed by atoms with Crippen molar-refractivity contribution in [2.75, 3.05) is 6.61 Å². The van der Waals surface area contributed by atoms with Gasteiger partial charge in [-0.15, -0.1) is 0 Å². The summed E-state index contributed by atoms with van der Waals surface area (Å²) in [4.78, 5) is 6.74. The number of oxime groups is 1. The zero-order valence-corrected chi connectivity index (χ0v) is 14.0. The average Bonchev–Trinajstić information content (AvgIpc) is 2.41. The van der Waals surface area contributed by atoms with E-state index in [1.807, 2.05) is 31.2 Å². The quantitative estimate of drug-likeness (QED) is 0.216. The molecule has 19 heavy (non-hydrogen) atoms. The Morgan fingerprint density at radius 1 is 1.32 bits per heavy atom. The van der Waals surface area contributed by atoms with E-state index >= 15 is 0 Å². The van der Waals surface area contributed by atoms with Gasteiger partial charge >= 0.3 is 0 Å². The molecule has 0 saturated carbocycles. The average molecular weight is 387 g/mol. The third-order valence-electron chi connectivity index (χ3n) is 1.86. The van der Waals surface area contributed by atoms with Crippen LogP contribution in [0.25, 0.3) is 0 Å². The van der Waals surface area contributed by atoms with Gasteiger partial charge in [0.05, 0.1) is 5.71 Å². The Bertz CT molecular complexity index is 436. The first-order valence-electron chi connectivity index (χ1n) is 5.56. The lowest BCUT2D eigenvalue weighted by Crippen LogP contribution is -1.95. The summed E-state index contributed by atoms with van der Waals surface area (Å²) in [5, 5.41) is 3.94. The van der Waals surface area contributed by atoms with Crippen LogP contribution in [0, 0.1) is 0 Å². The van der Waals surface area contributed by atoms with Crippen LogP contribution < -0.4 is 0 Å². The number of benzene rings is 1. The van der Waals surface area contributed by atoms with E-state index in [4.69, 9.17) is 4.84 Å². The van der Waals surface area contributed by atoms with Crippen molar-refractivity contribution in [1.82, 2.24) is 0 Å². The van der Waals surface area contributed by atoms with Crippen LogP contribution >= 0.6 is 31.9 Å². The molecule has 0 bridgehead atoms. The Morgan fingerprint density at radius 2 is 1.95 bits per heavy atom. The Labute approximate surface area is 131 Å². The first kappa shape index (κ1) is 17.9. The Kier molecular flexibility index (Phi) is 11.2. The second-order valence-electron chi connectivity index (χ2n) is 3.32. The van der Waals surface area contributed by atoms with Crippen LogP contribution in [0.1, 0.15) is 12.5 Å². The third-order valence-corrected chi connectivity index (χ3v) is 2.70. The number of hydrogen-bond acceptors (Lipinski definition) is 2. The van der Waals surface area contributed by atoms with E-state index < -0.39 is 0 Å². The van der Waals surface area contributed by atoms with Gasteiger partial charge in [0.15, 0.2) is 0 Å². The fraction of sp³-hybridized carbons (Fsp3) is 0.133. The summed E-state index contributed by atoms with van der Waals surface area (Å²) in [6.07, 6.45) is 5.17. The van der Waals surface area contributed by atoms with Gasteiger partial charge in [0, 0.05) is 4.47 Å². The van der Waals surface area contributed by atoms with Gasteiger partial charge in [-0.05, 0) is 29.6 Å². The molecule has 0 radical (unpaired) electrons. The summed E-state index contributed by atoms with van der Waals surface area (Å²) >= 11 is 6.43. The molecule has 1 aromatic rings. The predicted molar refractivity (Wildman–Crippen MR) is 90.8 cm³/mol. The Hall–Kier alpha value is -1.13. The van der Waals surface area contributed by atoms with Crippen LogP contribution in [-0.2, 0) is 4.84 Å². The summed E-state index contributed by atoms with van der Waals surface area (Å²) in [6.45, 7) is 9.32. The number of halogens is 2. The molecule has 4 heteroatoms. The van der Waals surface area contributed by atoms with Gasteiger partial charge in [0.25, 0.3) is 0 Å². The van der Waals surface area contributed by atoms with Gasteiger partial charge in [-0.2, -0.15) is 0 Å². The number of allylic oxidation sites excluding steroid dienone is 2. The third kappa shape index (κ3) is 9.45. The van der Waals surface area contributed by atoms with E-state index in [1.165, 1.54) is 0 Å². The SMILES string of the molecule is C=C/C=C/Br.C=CCO/N=C(\C)c1ccc(Br)cc1. The highest BCUT2D eigenvalue weighted by atomic mass is 79.9. The van der Waals surface area contributed by atoms with E-state index in [9.17, 15) is 0 Å².